The molecule has 2 atom stereocenters. The second kappa shape index (κ2) is 10.1. The van der Waals surface area contributed by atoms with Crippen LogP contribution in [0.5, 0.6) is 5.75 Å². The van der Waals surface area contributed by atoms with Gasteiger partial charge in [0, 0.05) is 26.1 Å². The van der Waals surface area contributed by atoms with Crippen LogP contribution in [0.25, 0.3) is 0 Å². The molecule has 0 bridgehead atoms. The third-order valence-corrected chi connectivity index (χ3v) is 5.65. The smallest absolute Gasteiger partial charge is 0.122 e. The number of methoxy groups -OCH3 is 1. The summed E-state index contributed by atoms with van der Waals surface area (Å²) in [6.07, 6.45) is 3.09. The molecule has 0 aromatic heterocycles. The third-order valence-electron chi connectivity index (χ3n) is 5.65. The summed E-state index contributed by atoms with van der Waals surface area (Å²) in [6, 6.07) is 18.5. The van der Waals surface area contributed by atoms with Gasteiger partial charge in [-0.2, -0.15) is 0 Å². The van der Waals surface area contributed by atoms with Crippen molar-refractivity contribution in [2.75, 3.05) is 26.8 Å². The number of rotatable bonds is 9. The minimum atomic E-state index is -0.903. The zero-order valence-corrected chi connectivity index (χ0v) is 17.1. The van der Waals surface area contributed by atoms with E-state index in [-0.39, 0.29) is 6.10 Å². The van der Waals surface area contributed by atoms with Gasteiger partial charge in [0.05, 0.1) is 25.4 Å². The van der Waals surface area contributed by atoms with Gasteiger partial charge in [0.25, 0.3) is 0 Å². The van der Waals surface area contributed by atoms with Crippen LogP contribution < -0.4 is 4.74 Å². The summed E-state index contributed by atoms with van der Waals surface area (Å²) in [5, 5.41) is 11.7. The van der Waals surface area contributed by atoms with E-state index >= 15 is 0 Å². The van der Waals surface area contributed by atoms with Gasteiger partial charge in [0.15, 0.2) is 0 Å². The molecule has 1 aliphatic heterocycles. The fourth-order valence-corrected chi connectivity index (χ4v) is 4.04. The average molecular weight is 384 g/mol. The van der Waals surface area contributed by atoms with Gasteiger partial charge in [-0.15, -0.1) is 0 Å². The van der Waals surface area contributed by atoms with Crippen LogP contribution in [0.15, 0.2) is 54.6 Å². The van der Waals surface area contributed by atoms with Gasteiger partial charge < -0.3 is 14.6 Å². The maximum Gasteiger partial charge on any atom is 0.122 e. The summed E-state index contributed by atoms with van der Waals surface area (Å²) in [4.78, 5) is 2.39. The number of hydrogen-bond donors (Lipinski definition) is 1. The standard InChI is InChI=1S/C24H33NO3/c1-3-4-14-24(26,17-21-12-8-9-13-22(21)27-2)23-19-25(15-16-28-23)18-20-10-6-5-7-11-20/h5-13,23,26H,3-4,14-19H2,1-2H3. The SMILES string of the molecule is CCCCC(O)(Cc1ccccc1OC)C1CN(Cc2ccccc2)CCO1. The topological polar surface area (TPSA) is 41.9 Å². The number of hydrogen-bond acceptors (Lipinski definition) is 4. The quantitative estimate of drug-likeness (QED) is 0.709. The first-order valence-electron chi connectivity index (χ1n) is 10.4. The van der Waals surface area contributed by atoms with Crippen LogP contribution in [0.4, 0.5) is 0 Å². The van der Waals surface area contributed by atoms with E-state index in [1.165, 1.54) is 5.56 Å². The number of ether oxygens (including phenoxy) is 2. The Morgan fingerprint density at radius 3 is 2.64 bits per heavy atom. The molecule has 0 aliphatic carbocycles. The highest BCUT2D eigenvalue weighted by molar-refractivity contribution is 5.34. The molecule has 2 unspecified atom stereocenters. The molecule has 4 heteroatoms. The normalized spacial score (nSPS) is 19.9. The van der Waals surface area contributed by atoms with Gasteiger partial charge in [-0.1, -0.05) is 68.3 Å². The second-order valence-corrected chi connectivity index (χ2v) is 7.78. The molecule has 1 heterocycles. The van der Waals surface area contributed by atoms with Crippen LogP contribution in [-0.4, -0.2) is 48.5 Å². The highest BCUT2D eigenvalue weighted by Gasteiger charge is 2.40. The Balaban J connectivity index is 1.75. The zero-order chi connectivity index (χ0) is 19.8. The Hall–Kier alpha value is -1.88. The maximum absolute atomic E-state index is 11.7. The third kappa shape index (κ3) is 5.34. The van der Waals surface area contributed by atoms with Crippen LogP contribution in [0.1, 0.15) is 37.3 Å². The van der Waals surface area contributed by atoms with Crippen LogP contribution in [0.3, 0.4) is 0 Å². The largest absolute Gasteiger partial charge is 0.496 e. The molecule has 1 N–H and O–H groups in total. The number of morpholine rings is 1. The molecule has 3 rings (SSSR count). The van der Waals surface area contributed by atoms with Gasteiger partial charge in [0.1, 0.15) is 5.75 Å². The minimum absolute atomic E-state index is 0.207. The molecule has 2 aromatic rings. The van der Waals surface area contributed by atoms with Crippen molar-refractivity contribution in [2.24, 2.45) is 0 Å². The fraction of sp³-hybridized carbons (Fsp3) is 0.500. The summed E-state index contributed by atoms with van der Waals surface area (Å²) in [5.41, 5.74) is 1.43. The highest BCUT2D eigenvalue weighted by Crippen LogP contribution is 2.32. The van der Waals surface area contributed by atoms with E-state index < -0.39 is 5.60 Å². The summed E-state index contributed by atoms with van der Waals surface area (Å²) in [6.45, 7) is 5.33. The Morgan fingerprint density at radius 1 is 1.14 bits per heavy atom. The average Bonchev–Trinajstić information content (AvgIpc) is 2.73. The van der Waals surface area contributed by atoms with Gasteiger partial charge in [-0.25, -0.2) is 0 Å². The van der Waals surface area contributed by atoms with E-state index in [1.54, 1.807) is 7.11 Å². The van der Waals surface area contributed by atoms with E-state index in [9.17, 15) is 5.11 Å². The van der Waals surface area contributed by atoms with Crippen molar-refractivity contribution in [3.05, 3.63) is 65.7 Å². The lowest BCUT2D eigenvalue weighted by Gasteiger charge is -2.42. The second-order valence-electron chi connectivity index (χ2n) is 7.78. The summed E-state index contributed by atoms with van der Waals surface area (Å²) >= 11 is 0. The predicted molar refractivity (Wildman–Crippen MR) is 113 cm³/mol. The number of nitrogens with zero attached hydrogens (tertiary/aromatic N) is 1. The van der Waals surface area contributed by atoms with Crippen LogP contribution in [0.2, 0.25) is 0 Å². The van der Waals surface area contributed by atoms with Crippen LogP contribution in [0, 0.1) is 0 Å². The zero-order valence-electron chi connectivity index (χ0n) is 17.1. The van der Waals surface area contributed by atoms with E-state index in [0.717, 1.165) is 50.2 Å². The van der Waals surface area contributed by atoms with Gasteiger partial charge in [-0.05, 0) is 23.6 Å². The number of aliphatic hydroxyl groups is 1. The summed E-state index contributed by atoms with van der Waals surface area (Å²) < 4.78 is 11.6. The van der Waals surface area contributed by atoms with Gasteiger partial charge in [0.2, 0.25) is 0 Å². The highest BCUT2D eigenvalue weighted by atomic mass is 16.5. The maximum atomic E-state index is 11.7. The molecule has 1 aliphatic rings. The number of unbranched alkanes of at least 4 members (excludes halogenated alkanes) is 1. The van der Waals surface area contributed by atoms with Crippen molar-refractivity contribution in [1.29, 1.82) is 0 Å². The monoisotopic (exact) mass is 383 g/mol. The minimum Gasteiger partial charge on any atom is -0.496 e. The van der Waals surface area contributed by atoms with E-state index in [1.807, 2.05) is 30.3 Å². The Morgan fingerprint density at radius 2 is 1.89 bits per heavy atom. The van der Waals surface area contributed by atoms with Crippen molar-refractivity contribution in [3.63, 3.8) is 0 Å². The lowest BCUT2D eigenvalue weighted by molar-refractivity contribution is -0.148. The van der Waals surface area contributed by atoms with Gasteiger partial charge in [-0.3, -0.25) is 4.90 Å². The Labute approximate surface area is 169 Å². The molecule has 0 spiro atoms. The Kier molecular flexibility index (Phi) is 7.49. The molecule has 152 valence electrons. The molecule has 1 fully saturated rings. The molecular weight excluding hydrogens is 350 g/mol. The lowest BCUT2D eigenvalue weighted by Crippen LogP contribution is -2.55. The first-order valence-corrected chi connectivity index (χ1v) is 10.4. The fourth-order valence-electron chi connectivity index (χ4n) is 4.04. The predicted octanol–water partition coefficient (Wildman–Crippen LogP) is 4.06. The van der Waals surface area contributed by atoms with Gasteiger partial charge >= 0.3 is 0 Å². The molecule has 1 saturated heterocycles. The molecule has 28 heavy (non-hydrogen) atoms. The van der Waals surface area contributed by atoms with Crippen LogP contribution >= 0.6 is 0 Å². The molecule has 0 saturated carbocycles. The first kappa shape index (κ1) is 20.8. The first-order chi connectivity index (χ1) is 13.6. The van der Waals surface area contributed by atoms with Crippen molar-refractivity contribution in [1.82, 2.24) is 4.90 Å². The summed E-state index contributed by atoms with van der Waals surface area (Å²) in [5.74, 6) is 0.828. The van der Waals surface area contributed by atoms with Crippen LogP contribution in [-0.2, 0) is 17.7 Å². The molecule has 0 radical (unpaired) electrons. The van der Waals surface area contributed by atoms with E-state index in [0.29, 0.717) is 13.0 Å². The van der Waals surface area contributed by atoms with Crippen molar-refractivity contribution in [3.8, 4) is 5.75 Å². The van der Waals surface area contributed by atoms with Crippen molar-refractivity contribution >= 4 is 0 Å². The molecule has 0 amide bonds. The lowest BCUT2D eigenvalue weighted by atomic mass is 9.83. The van der Waals surface area contributed by atoms with Crippen molar-refractivity contribution < 1.29 is 14.6 Å². The Bertz CT molecular complexity index is 721. The molecule has 4 nitrogen and oxygen atoms in total. The van der Waals surface area contributed by atoms with E-state index in [2.05, 4.69) is 36.1 Å². The number of para-hydroxylation sites is 1. The summed E-state index contributed by atoms with van der Waals surface area (Å²) in [7, 11) is 1.68. The van der Waals surface area contributed by atoms with E-state index in [4.69, 9.17) is 9.47 Å². The molecule has 2 aromatic carbocycles. The van der Waals surface area contributed by atoms with Crippen molar-refractivity contribution in [2.45, 2.75) is 50.9 Å². The molecular formula is C24H33NO3. The number of benzene rings is 2.